The second-order valence-electron chi connectivity index (χ2n) is 8.74. The van der Waals surface area contributed by atoms with Gasteiger partial charge in [0.2, 0.25) is 0 Å². The van der Waals surface area contributed by atoms with Gasteiger partial charge in [0.05, 0.1) is 11.6 Å². The SMILES string of the molecule is Cc1ncnc2c1n[c-]n2-c1cccc(C(C)(C)c2cccc(-n3[c-]nc4c(C)ncnc43)n2)n1.[Pd+2]. The van der Waals surface area contributed by atoms with Gasteiger partial charge in [0.25, 0.3) is 0 Å². The van der Waals surface area contributed by atoms with Crippen LogP contribution < -0.4 is 0 Å². The minimum atomic E-state index is -0.505. The number of nitrogens with zero attached hydrogens (tertiary/aromatic N) is 10. The van der Waals surface area contributed by atoms with E-state index in [9.17, 15) is 0 Å². The fourth-order valence-corrected chi connectivity index (χ4v) is 4.03. The standard InChI is InChI=1S/C25H20N10.Pd/c1-15-21-23(28-11-26-15)34(13-30-21)19-9-5-7-17(32-19)25(3,4)18-8-6-10-20(33-18)35-14-31-22-16(2)27-12-29-24(22)35;/h5-12H,1-4H3;/q-2;+2. The van der Waals surface area contributed by atoms with E-state index in [4.69, 9.17) is 9.97 Å². The quantitative estimate of drug-likeness (QED) is 0.236. The number of aromatic nitrogens is 10. The predicted octanol–water partition coefficient (Wildman–Crippen LogP) is 3.28. The summed E-state index contributed by atoms with van der Waals surface area (Å²) >= 11 is 0. The van der Waals surface area contributed by atoms with Crippen molar-refractivity contribution in [2.45, 2.75) is 33.1 Å². The molecular formula is C25H20N10Pd. The molecule has 6 rings (SSSR count). The number of aryl methyl sites for hydroxylation is 2. The molecule has 0 N–H and O–H groups in total. The molecule has 36 heavy (non-hydrogen) atoms. The van der Waals surface area contributed by atoms with Gasteiger partial charge >= 0.3 is 20.4 Å². The number of rotatable bonds is 4. The topological polar surface area (TPSA) is 113 Å². The number of hydrogen-bond donors (Lipinski definition) is 0. The molecule has 0 spiro atoms. The normalized spacial score (nSPS) is 11.7. The smallest absolute Gasteiger partial charge is 0.396 e. The maximum absolute atomic E-state index is 4.94. The van der Waals surface area contributed by atoms with E-state index in [-0.39, 0.29) is 20.4 Å². The van der Waals surface area contributed by atoms with Gasteiger partial charge in [-0.1, -0.05) is 24.3 Å². The molecule has 6 aromatic rings. The molecule has 6 heterocycles. The van der Waals surface area contributed by atoms with Gasteiger partial charge < -0.3 is 19.1 Å². The van der Waals surface area contributed by atoms with Gasteiger partial charge in [-0.15, -0.1) is 0 Å². The van der Waals surface area contributed by atoms with Crippen LogP contribution in [0.25, 0.3) is 34.0 Å². The van der Waals surface area contributed by atoms with E-state index in [1.165, 1.54) is 12.7 Å². The Bertz CT molecular complexity index is 1590. The average Bonchev–Trinajstić information content (AvgIpc) is 3.51. The molecule has 0 bridgehead atoms. The molecule has 0 fully saturated rings. The third-order valence-electron chi connectivity index (χ3n) is 6.13. The van der Waals surface area contributed by atoms with Crippen LogP contribution in [0.3, 0.4) is 0 Å². The Morgan fingerprint density at radius 2 is 1.11 bits per heavy atom. The molecule has 6 aromatic heterocycles. The van der Waals surface area contributed by atoms with Crippen molar-refractivity contribution in [3.63, 3.8) is 0 Å². The van der Waals surface area contributed by atoms with Gasteiger partial charge in [0.15, 0.2) is 0 Å². The second-order valence-corrected chi connectivity index (χ2v) is 8.74. The molecule has 0 unspecified atom stereocenters. The summed E-state index contributed by atoms with van der Waals surface area (Å²) in [5.74, 6) is 1.35. The molecule has 0 saturated heterocycles. The predicted molar refractivity (Wildman–Crippen MR) is 128 cm³/mol. The molecule has 0 radical (unpaired) electrons. The molecule has 0 atom stereocenters. The molecular weight excluding hydrogens is 547 g/mol. The van der Waals surface area contributed by atoms with E-state index < -0.39 is 5.41 Å². The zero-order valence-electron chi connectivity index (χ0n) is 19.9. The van der Waals surface area contributed by atoms with Crippen LogP contribution in [0, 0.1) is 26.5 Å². The monoisotopic (exact) mass is 566 g/mol. The molecule has 0 aliphatic rings. The maximum atomic E-state index is 4.94. The van der Waals surface area contributed by atoms with E-state index in [2.05, 4.69) is 56.4 Å². The van der Waals surface area contributed by atoms with Gasteiger partial charge in [-0.05, 0) is 39.8 Å². The first kappa shape index (κ1) is 23.8. The van der Waals surface area contributed by atoms with Crippen molar-refractivity contribution in [1.29, 1.82) is 0 Å². The van der Waals surface area contributed by atoms with Crippen LogP contribution in [0.15, 0.2) is 49.1 Å². The average molecular weight is 567 g/mol. The van der Waals surface area contributed by atoms with Crippen LogP contribution in [0.2, 0.25) is 0 Å². The largest absolute Gasteiger partial charge is 2.00 e. The van der Waals surface area contributed by atoms with E-state index in [0.717, 1.165) is 22.8 Å². The van der Waals surface area contributed by atoms with Crippen molar-refractivity contribution in [2.24, 2.45) is 0 Å². The van der Waals surface area contributed by atoms with Crippen LogP contribution in [-0.2, 0) is 25.8 Å². The summed E-state index contributed by atoms with van der Waals surface area (Å²) in [6, 6.07) is 11.7. The summed E-state index contributed by atoms with van der Waals surface area (Å²) in [7, 11) is 0. The van der Waals surface area contributed by atoms with Crippen molar-refractivity contribution in [2.75, 3.05) is 0 Å². The molecule has 10 nitrogen and oxygen atoms in total. The first-order valence-electron chi connectivity index (χ1n) is 11.0. The summed E-state index contributed by atoms with van der Waals surface area (Å²) in [6.07, 6.45) is 9.04. The van der Waals surface area contributed by atoms with Crippen molar-refractivity contribution in [3.05, 3.63) is 84.5 Å². The Morgan fingerprint density at radius 1 is 0.667 bits per heavy atom. The molecule has 180 valence electrons. The van der Waals surface area contributed by atoms with Gasteiger partial charge in [0.1, 0.15) is 12.7 Å². The zero-order chi connectivity index (χ0) is 24.2. The Kier molecular flexibility index (Phi) is 5.90. The zero-order valence-corrected chi connectivity index (χ0v) is 21.5. The van der Waals surface area contributed by atoms with Crippen LogP contribution >= 0.6 is 0 Å². The second kappa shape index (κ2) is 8.93. The van der Waals surface area contributed by atoms with Crippen molar-refractivity contribution >= 4 is 22.3 Å². The number of hydrogen-bond acceptors (Lipinski definition) is 8. The summed E-state index contributed by atoms with van der Waals surface area (Å²) in [4.78, 5) is 35.8. The van der Waals surface area contributed by atoms with Crippen LogP contribution in [-0.4, -0.2) is 49.0 Å². The minimum Gasteiger partial charge on any atom is -0.396 e. The van der Waals surface area contributed by atoms with Crippen molar-refractivity contribution in [3.8, 4) is 11.6 Å². The third-order valence-corrected chi connectivity index (χ3v) is 6.13. The Balaban J connectivity index is 0.00000267. The summed E-state index contributed by atoms with van der Waals surface area (Å²) in [5, 5.41) is 0. The van der Waals surface area contributed by atoms with E-state index in [0.29, 0.717) is 34.0 Å². The molecule has 11 heteroatoms. The molecule has 0 aliphatic heterocycles. The Labute approximate surface area is 220 Å². The van der Waals surface area contributed by atoms with Gasteiger partial charge in [0, 0.05) is 63.2 Å². The molecule has 0 aliphatic carbocycles. The van der Waals surface area contributed by atoms with E-state index >= 15 is 0 Å². The van der Waals surface area contributed by atoms with Crippen molar-refractivity contribution in [1.82, 2.24) is 49.0 Å². The van der Waals surface area contributed by atoms with Gasteiger partial charge in [-0.25, -0.2) is 0 Å². The maximum Gasteiger partial charge on any atom is 2.00 e. The van der Waals surface area contributed by atoms with Gasteiger partial charge in [-0.2, -0.15) is 0 Å². The van der Waals surface area contributed by atoms with Crippen LogP contribution in [0.4, 0.5) is 0 Å². The number of fused-ring (bicyclic) bond motifs is 2. The molecule has 0 amide bonds. The van der Waals surface area contributed by atoms with Crippen LogP contribution in [0.5, 0.6) is 0 Å². The molecule has 0 aromatic carbocycles. The van der Waals surface area contributed by atoms with Crippen molar-refractivity contribution < 1.29 is 20.4 Å². The minimum absolute atomic E-state index is 0. The van der Waals surface area contributed by atoms with Gasteiger partial charge in [-0.3, -0.25) is 29.9 Å². The number of pyridine rings is 2. The molecule has 0 saturated carbocycles. The number of imidazole rings is 2. The Hall–Kier alpha value is -3.94. The first-order valence-corrected chi connectivity index (χ1v) is 11.0. The summed E-state index contributed by atoms with van der Waals surface area (Å²) < 4.78 is 3.50. The van der Waals surface area contributed by atoms with E-state index in [1.54, 1.807) is 9.13 Å². The van der Waals surface area contributed by atoms with Crippen LogP contribution in [0.1, 0.15) is 36.6 Å². The Morgan fingerprint density at radius 3 is 1.56 bits per heavy atom. The third kappa shape index (κ3) is 3.77. The fraction of sp³-hybridized carbons (Fsp3) is 0.200. The summed E-state index contributed by atoms with van der Waals surface area (Å²) in [6.45, 7) is 7.98. The fourth-order valence-electron chi connectivity index (χ4n) is 4.03. The van der Waals surface area contributed by atoms with E-state index in [1.807, 2.05) is 50.2 Å². The first-order chi connectivity index (χ1) is 16.9. The summed E-state index contributed by atoms with van der Waals surface area (Å²) in [5.41, 5.74) is 5.52.